The lowest BCUT2D eigenvalue weighted by atomic mass is 10.4. The molecule has 0 spiro atoms. The van der Waals surface area contributed by atoms with Crippen molar-refractivity contribution in [3.8, 4) is 0 Å². The molecular weight excluding hydrogens is 368 g/mol. The molecule has 0 aromatic carbocycles. The van der Waals surface area contributed by atoms with Crippen molar-refractivity contribution in [3.05, 3.63) is 14.7 Å². The second-order valence-corrected chi connectivity index (χ2v) is 8.92. The van der Waals surface area contributed by atoms with Gasteiger partial charge < -0.3 is 10.0 Å². The van der Waals surface area contributed by atoms with Gasteiger partial charge in [0.1, 0.15) is 9.77 Å². The monoisotopic (exact) mass is 384 g/mol. The van der Waals surface area contributed by atoms with Crippen molar-refractivity contribution in [2.75, 3.05) is 34.2 Å². The molecule has 0 unspecified atom stereocenters. The first-order valence-electron chi connectivity index (χ1n) is 5.80. The van der Waals surface area contributed by atoms with Crippen molar-refractivity contribution in [2.45, 2.75) is 11.3 Å². The summed E-state index contributed by atoms with van der Waals surface area (Å²) in [5, 5.41) is 8.91. The van der Waals surface area contributed by atoms with Crippen LogP contribution in [0.5, 0.6) is 0 Å². The van der Waals surface area contributed by atoms with Gasteiger partial charge in [0, 0.05) is 13.6 Å². The van der Waals surface area contributed by atoms with Crippen LogP contribution in [0.3, 0.4) is 0 Å². The van der Waals surface area contributed by atoms with Gasteiger partial charge in [0.15, 0.2) is 0 Å². The molecule has 0 saturated carbocycles. The minimum Gasteiger partial charge on any atom is -0.477 e. The predicted molar refractivity (Wildman–Crippen MR) is 82.0 cm³/mol. The van der Waals surface area contributed by atoms with E-state index in [0.717, 1.165) is 17.9 Å². The van der Waals surface area contributed by atoms with Gasteiger partial charge in [-0.05, 0) is 49.1 Å². The van der Waals surface area contributed by atoms with Gasteiger partial charge >= 0.3 is 5.97 Å². The van der Waals surface area contributed by atoms with Crippen LogP contribution >= 0.6 is 27.3 Å². The summed E-state index contributed by atoms with van der Waals surface area (Å²) < 4.78 is 26.3. The van der Waals surface area contributed by atoms with E-state index in [-0.39, 0.29) is 9.77 Å². The van der Waals surface area contributed by atoms with Crippen LogP contribution in [0.15, 0.2) is 14.7 Å². The first kappa shape index (κ1) is 17.6. The first-order valence-corrected chi connectivity index (χ1v) is 8.85. The number of carboxylic acids is 1. The summed E-state index contributed by atoms with van der Waals surface area (Å²) in [6, 6.07) is 1.19. The Hall–Kier alpha value is -0.480. The lowest BCUT2D eigenvalue weighted by Crippen LogP contribution is -2.29. The third-order valence-electron chi connectivity index (χ3n) is 2.63. The number of nitrogens with zero attached hydrogens (tertiary/aromatic N) is 2. The third kappa shape index (κ3) is 4.26. The number of rotatable bonds is 7. The van der Waals surface area contributed by atoms with Crippen LogP contribution in [-0.2, 0) is 10.0 Å². The van der Waals surface area contributed by atoms with Crippen LogP contribution in [0.1, 0.15) is 16.1 Å². The van der Waals surface area contributed by atoms with E-state index in [1.165, 1.54) is 17.4 Å². The topological polar surface area (TPSA) is 77.9 Å². The molecule has 0 aliphatic rings. The largest absolute Gasteiger partial charge is 0.477 e. The minimum atomic E-state index is -3.67. The number of carbonyl (C=O) groups is 1. The highest BCUT2D eigenvalue weighted by atomic mass is 79.9. The smallest absolute Gasteiger partial charge is 0.345 e. The maximum atomic E-state index is 12.4. The Morgan fingerprint density at radius 2 is 1.95 bits per heavy atom. The maximum absolute atomic E-state index is 12.4. The van der Waals surface area contributed by atoms with Crippen LogP contribution in [-0.4, -0.2) is 62.9 Å². The molecule has 0 radical (unpaired) electrons. The van der Waals surface area contributed by atoms with Crippen molar-refractivity contribution >= 4 is 43.3 Å². The molecule has 0 amide bonds. The minimum absolute atomic E-state index is 0.00265. The molecule has 1 aromatic heterocycles. The Balaban J connectivity index is 2.90. The van der Waals surface area contributed by atoms with E-state index in [1.807, 2.05) is 19.0 Å². The Morgan fingerprint density at radius 1 is 1.35 bits per heavy atom. The second kappa shape index (κ2) is 6.99. The summed E-state index contributed by atoms with van der Waals surface area (Å²) in [6.07, 6.45) is 0.705. The van der Waals surface area contributed by atoms with Crippen LogP contribution in [0, 0.1) is 0 Å². The summed E-state index contributed by atoms with van der Waals surface area (Å²) in [7, 11) is 1.67. The van der Waals surface area contributed by atoms with Crippen molar-refractivity contribution in [1.82, 2.24) is 9.21 Å². The van der Waals surface area contributed by atoms with E-state index < -0.39 is 16.0 Å². The standard InChI is InChI=1S/C11H17BrN2O4S2/c1-13(2)5-4-6-14(3)20(17,18)9-7-8(11(15)16)19-10(9)12/h7H,4-6H2,1-3H3,(H,15,16). The van der Waals surface area contributed by atoms with Gasteiger partial charge in [0.2, 0.25) is 10.0 Å². The number of halogens is 1. The molecule has 20 heavy (non-hydrogen) atoms. The summed E-state index contributed by atoms with van der Waals surface area (Å²) in [5.74, 6) is -1.13. The molecule has 0 aliphatic heterocycles. The molecule has 1 rings (SSSR count). The Morgan fingerprint density at radius 3 is 2.40 bits per heavy atom. The van der Waals surface area contributed by atoms with E-state index in [0.29, 0.717) is 16.8 Å². The van der Waals surface area contributed by atoms with Crippen LogP contribution in [0.2, 0.25) is 0 Å². The Bertz CT molecular complexity index is 583. The Kier molecular flexibility index (Phi) is 6.14. The summed E-state index contributed by atoms with van der Waals surface area (Å²) >= 11 is 4.02. The molecule has 0 aliphatic carbocycles. The molecule has 0 saturated heterocycles. The van der Waals surface area contributed by atoms with E-state index in [9.17, 15) is 13.2 Å². The van der Waals surface area contributed by atoms with Gasteiger partial charge in [-0.3, -0.25) is 0 Å². The average Bonchev–Trinajstić information content (AvgIpc) is 2.71. The zero-order chi connectivity index (χ0) is 15.5. The maximum Gasteiger partial charge on any atom is 0.345 e. The van der Waals surface area contributed by atoms with E-state index in [2.05, 4.69) is 15.9 Å². The highest BCUT2D eigenvalue weighted by Crippen LogP contribution is 2.33. The highest BCUT2D eigenvalue weighted by molar-refractivity contribution is 9.11. The molecule has 1 N–H and O–H groups in total. The second-order valence-electron chi connectivity index (χ2n) is 4.54. The molecule has 0 bridgehead atoms. The van der Waals surface area contributed by atoms with Crippen LogP contribution < -0.4 is 0 Å². The number of carboxylic acid groups (broad SMARTS) is 1. The molecule has 9 heteroatoms. The van der Waals surface area contributed by atoms with Gasteiger partial charge in [-0.1, -0.05) is 0 Å². The molecule has 1 aromatic rings. The fraction of sp³-hybridized carbons (Fsp3) is 0.545. The Labute approximate surface area is 131 Å². The van der Waals surface area contributed by atoms with Gasteiger partial charge in [-0.25, -0.2) is 17.5 Å². The van der Waals surface area contributed by atoms with Gasteiger partial charge in [0.05, 0.1) is 3.79 Å². The zero-order valence-electron chi connectivity index (χ0n) is 11.5. The molecule has 0 atom stereocenters. The first-order chi connectivity index (χ1) is 9.16. The van der Waals surface area contributed by atoms with Crippen LogP contribution in [0.25, 0.3) is 0 Å². The fourth-order valence-corrected chi connectivity index (χ4v) is 5.09. The molecule has 114 valence electrons. The number of aromatic carboxylic acids is 1. The molecule has 0 fully saturated rings. The number of hydrogen-bond acceptors (Lipinski definition) is 5. The molecule has 6 nitrogen and oxygen atoms in total. The zero-order valence-corrected chi connectivity index (χ0v) is 14.7. The van der Waals surface area contributed by atoms with Crippen molar-refractivity contribution in [3.63, 3.8) is 0 Å². The molecular formula is C11H17BrN2O4S2. The van der Waals surface area contributed by atoms with Gasteiger partial charge in [-0.15, -0.1) is 11.3 Å². The average molecular weight is 385 g/mol. The lowest BCUT2D eigenvalue weighted by molar-refractivity contribution is 0.0702. The summed E-state index contributed by atoms with van der Waals surface area (Å²) in [5.41, 5.74) is 0. The van der Waals surface area contributed by atoms with E-state index in [4.69, 9.17) is 5.11 Å². The van der Waals surface area contributed by atoms with Gasteiger partial charge in [-0.2, -0.15) is 0 Å². The van der Waals surface area contributed by atoms with Gasteiger partial charge in [0.25, 0.3) is 0 Å². The lowest BCUT2D eigenvalue weighted by Gasteiger charge is -2.18. The third-order valence-corrected chi connectivity index (χ3v) is 6.73. The highest BCUT2D eigenvalue weighted by Gasteiger charge is 2.26. The normalized spacial score (nSPS) is 12.3. The number of sulfonamides is 1. The number of thiophene rings is 1. The SMILES string of the molecule is CN(C)CCCN(C)S(=O)(=O)c1cc(C(=O)O)sc1Br. The van der Waals surface area contributed by atoms with E-state index >= 15 is 0 Å². The van der Waals surface area contributed by atoms with Crippen molar-refractivity contribution in [2.24, 2.45) is 0 Å². The summed E-state index contributed by atoms with van der Waals surface area (Å²) in [6.45, 7) is 1.16. The van der Waals surface area contributed by atoms with E-state index in [1.54, 1.807) is 0 Å². The summed E-state index contributed by atoms with van der Waals surface area (Å²) in [4.78, 5) is 12.9. The predicted octanol–water partition coefficient (Wildman–Crippen LogP) is 1.78. The van der Waals surface area contributed by atoms with Crippen molar-refractivity contribution < 1.29 is 18.3 Å². The molecule has 1 heterocycles. The fourth-order valence-electron chi connectivity index (χ4n) is 1.53. The quantitative estimate of drug-likeness (QED) is 0.774. The van der Waals surface area contributed by atoms with Crippen molar-refractivity contribution in [1.29, 1.82) is 0 Å². The number of hydrogen-bond donors (Lipinski definition) is 1. The van der Waals surface area contributed by atoms with Crippen LogP contribution in [0.4, 0.5) is 0 Å².